The Morgan fingerprint density at radius 1 is 1.16 bits per heavy atom. The highest BCUT2D eigenvalue weighted by Gasteiger charge is 2.65. The van der Waals surface area contributed by atoms with E-state index in [0.717, 1.165) is 17.3 Å². The molecule has 2 atom stereocenters. The Balaban J connectivity index is 1.63. The molecule has 1 spiro atoms. The smallest absolute Gasteiger partial charge is 0.230 e. The summed E-state index contributed by atoms with van der Waals surface area (Å²) in [7, 11) is 0. The minimum Gasteiger partial charge on any atom is -0.339 e. The van der Waals surface area contributed by atoms with Crippen LogP contribution in [0.15, 0.2) is 34.9 Å². The van der Waals surface area contributed by atoms with Crippen LogP contribution in [0.1, 0.15) is 44.4 Å². The molecule has 2 aromatic rings. The second-order valence-electron chi connectivity index (χ2n) is 6.03. The molecule has 2 unspecified atom stereocenters. The zero-order chi connectivity index (χ0) is 12.9. The molecule has 0 bridgehead atoms. The van der Waals surface area contributed by atoms with Gasteiger partial charge in [0.2, 0.25) is 11.7 Å². The van der Waals surface area contributed by atoms with Gasteiger partial charge in [-0.2, -0.15) is 4.98 Å². The number of hydrogen-bond acceptors (Lipinski definition) is 3. The molecule has 1 aromatic heterocycles. The Morgan fingerprint density at radius 3 is 2.63 bits per heavy atom. The molecule has 3 heteroatoms. The Bertz CT molecular complexity index is 584. The molecule has 0 radical (unpaired) electrons. The van der Waals surface area contributed by atoms with E-state index in [0.29, 0.717) is 17.3 Å². The van der Waals surface area contributed by atoms with Crippen LogP contribution >= 0.6 is 0 Å². The van der Waals surface area contributed by atoms with E-state index < -0.39 is 0 Å². The summed E-state index contributed by atoms with van der Waals surface area (Å²) in [6.07, 6.45) is 5.39. The lowest BCUT2D eigenvalue weighted by Crippen LogP contribution is -1.97. The van der Waals surface area contributed by atoms with Gasteiger partial charge in [0, 0.05) is 11.5 Å². The molecule has 1 heterocycles. The molecule has 3 nitrogen and oxygen atoms in total. The number of nitrogens with zero attached hydrogens (tertiary/aromatic N) is 2. The van der Waals surface area contributed by atoms with Crippen LogP contribution in [0.4, 0.5) is 0 Å². The normalized spacial score (nSPS) is 27.8. The van der Waals surface area contributed by atoms with Crippen molar-refractivity contribution in [2.75, 3.05) is 0 Å². The van der Waals surface area contributed by atoms with E-state index in [1.54, 1.807) is 0 Å². The van der Waals surface area contributed by atoms with Crippen LogP contribution in [0.3, 0.4) is 0 Å². The summed E-state index contributed by atoms with van der Waals surface area (Å²) in [4.78, 5) is 4.63. The Morgan fingerprint density at radius 2 is 1.89 bits per heavy atom. The van der Waals surface area contributed by atoms with Crippen LogP contribution < -0.4 is 0 Å². The van der Waals surface area contributed by atoms with Crippen LogP contribution in [0.25, 0.3) is 11.4 Å². The highest BCUT2D eigenvalue weighted by molar-refractivity contribution is 5.53. The third-order valence-electron chi connectivity index (χ3n) is 5.19. The molecule has 2 fully saturated rings. The molecule has 2 saturated carbocycles. The van der Waals surface area contributed by atoms with E-state index in [1.165, 1.54) is 25.7 Å². The Labute approximate surface area is 113 Å². The average Bonchev–Trinajstić information content (AvgIpc) is 2.92. The van der Waals surface area contributed by atoms with E-state index >= 15 is 0 Å². The van der Waals surface area contributed by atoms with Crippen molar-refractivity contribution in [2.24, 2.45) is 11.3 Å². The Kier molecular flexibility index (Phi) is 2.32. The van der Waals surface area contributed by atoms with Gasteiger partial charge in [-0.15, -0.1) is 0 Å². The lowest BCUT2D eigenvalue weighted by atomic mass is 10.0. The van der Waals surface area contributed by atoms with Gasteiger partial charge in [-0.05, 0) is 24.2 Å². The van der Waals surface area contributed by atoms with Crippen molar-refractivity contribution in [3.63, 3.8) is 0 Å². The lowest BCUT2D eigenvalue weighted by molar-refractivity contribution is 0.360. The molecule has 98 valence electrons. The van der Waals surface area contributed by atoms with Crippen molar-refractivity contribution in [2.45, 2.75) is 38.5 Å². The zero-order valence-electron chi connectivity index (χ0n) is 11.2. The fourth-order valence-electron chi connectivity index (χ4n) is 4.02. The number of aromatic nitrogens is 2. The van der Waals surface area contributed by atoms with Crippen LogP contribution in [-0.2, 0) is 0 Å². The standard InChI is InChI=1S/C16H18N2O/c1-11-13(16(11)9-5-6-10-16)15-17-14(18-19-15)12-7-3-2-4-8-12/h2-4,7-8,11,13H,5-6,9-10H2,1H3. The monoisotopic (exact) mass is 254 g/mol. The summed E-state index contributed by atoms with van der Waals surface area (Å²) >= 11 is 0. The molecule has 2 aliphatic rings. The van der Waals surface area contributed by atoms with Crippen molar-refractivity contribution in [3.05, 3.63) is 36.2 Å². The van der Waals surface area contributed by atoms with E-state index in [-0.39, 0.29) is 0 Å². The van der Waals surface area contributed by atoms with Gasteiger partial charge in [0.25, 0.3) is 0 Å². The topological polar surface area (TPSA) is 38.9 Å². The first kappa shape index (κ1) is 11.2. The largest absolute Gasteiger partial charge is 0.339 e. The maximum Gasteiger partial charge on any atom is 0.230 e. The zero-order valence-corrected chi connectivity index (χ0v) is 11.2. The number of benzene rings is 1. The first-order valence-corrected chi connectivity index (χ1v) is 7.20. The quantitative estimate of drug-likeness (QED) is 0.812. The fraction of sp³-hybridized carbons (Fsp3) is 0.500. The average molecular weight is 254 g/mol. The third-order valence-corrected chi connectivity index (χ3v) is 5.19. The molecule has 0 amide bonds. The minimum atomic E-state index is 0.487. The van der Waals surface area contributed by atoms with Gasteiger partial charge in [-0.1, -0.05) is 55.3 Å². The maximum atomic E-state index is 5.54. The van der Waals surface area contributed by atoms with E-state index in [2.05, 4.69) is 17.1 Å². The van der Waals surface area contributed by atoms with Gasteiger partial charge in [0.05, 0.1) is 0 Å². The van der Waals surface area contributed by atoms with Crippen molar-refractivity contribution in [1.82, 2.24) is 10.1 Å². The second kappa shape index (κ2) is 3.92. The van der Waals surface area contributed by atoms with Crippen molar-refractivity contribution in [1.29, 1.82) is 0 Å². The summed E-state index contributed by atoms with van der Waals surface area (Å²) in [5.74, 6) is 2.79. The van der Waals surface area contributed by atoms with Gasteiger partial charge in [0.15, 0.2) is 0 Å². The predicted molar refractivity (Wildman–Crippen MR) is 72.5 cm³/mol. The van der Waals surface area contributed by atoms with Gasteiger partial charge >= 0.3 is 0 Å². The molecule has 1 aromatic carbocycles. The predicted octanol–water partition coefficient (Wildman–Crippen LogP) is 4.03. The summed E-state index contributed by atoms with van der Waals surface area (Å²) in [6, 6.07) is 10.1. The van der Waals surface area contributed by atoms with Crippen molar-refractivity contribution in [3.8, 4) is 11.4 Å². The number of rotatable bonds is 2. The fourth-order valence-corrected chi connectivity index (χ4v) is 4.02. The molecule has 2 aliphatic carbocycles. The van der Waals surface area contributed by atoms with Crippen LogP contribution in [-0.4, -0.2) is 10.1 Å². The number of hydrogen-bond donors (Lipinski definition) is 0. The van der Waals surface area contributed by atoms with E-state index in [1.807, 2.05) is 30.3 Å². The third kappa shape index (κ3) is 1.57. The summed E-state index contributed by atoms with van der Waals surface area (Å²) in [6.45, 7) is 2.34. The molecule has 0 aliphatic heterocycles. The SMILES string of the molecule is CC1C(c2nc(-c3ccccc3)no2)C12CCCC2. The molecule has 0 N–H and O–H groups in total. The van der Waals surface area contributed by atoms with E-state index in [4.69, 9.17) is 4.52 Å². The maximum absolute atomic E-state index is 5.54. The van der Waals surface area contributed by atoms with Crippen LogP contribution in [0, 0.1) is 11.3 Å². The first-order valence-electron chi connectivity index (χ1n) is 7.20. The minimum absolute atomic E-state index is 0.487. The van der Waals surface area contributed by atoms with Crippen molar-refractivity contribution < 1.29 is 4.52 Å². The highest BCUT2D eigenvalue weighted by atomic mass is 16.5. The van der Waals surface area contributed by atoms with Crippen LogP contribution in [0.5, 0.6) is 0 Å². The lowest BCUT2D eigenvalue weighted by Gasteiger charge is -2.04. The second-order valence-corrected chi connectivity index (χ2v) is 6.03. The summed E-state index contributed by atoms with van der Waals surface area (Å²) < 4.78 is 5.54. The first-order chi connectivity index (χ1) is 9.31. The van der Waals surface area contributed by atoms with Gasteiger partial charge < -0.3 is 4.52 Å². The van der Waals surface area contributed by atoms with E-state index in [9.17, 15) is 0 Å². The molecular weight excluding hydrogens is 236 g/mol. The van der Waals surface area contributed by atoms with Crippen LogP contribution in [0.2, 0.25) is 0 Å². The van der Waals surface area contributed by atoms with Crippen molar-refractivity contribution >= 4 is 0 Å². The van der Waals surface area contributed by atoms with Gasteiger partial charge in [0.1, 0.15) is 0 Å². The molecular formula is C16H18N2O. The van der Waals surface area contributed by atoms with Gasteiger partial charge in [-0.25, -0.2) is 0 Å². The highest BCUT2D eigenvalue weighted by Crippen LogP contribution is 2.71. The molecule has 4 rings (SSSR count). The van der Waals surface area contributed by atoms with Gasteiger partial charge in [-0.3, -0.25) is 0 Å². The Hall–Kier alpha value is -1.64. The summed E-state index contributed by atoms with van der Waals surface area (Å²) in [5, 5.41) is 4.15. The molecule has 0 saturated heterocycles. The molecule has 19 heavy (non-hydrogen) atoms. The summed E-state index contributed by atoms with van der Waals surface area (Å²) in [5.41, 5.74) is 1.52.